The summed E-state index contributed by atoms with van der Waals surface area (Å²) >= 11 is 5.97. The summed E-state index contributed by atoms with van der Waals surface area (Å²) in [6, 6.07) is 9.91. The summed E-state index contributed by atoms with van der Waals surface area (Å²) in [4.78, 5) is 38.9. The van der Waals surface area contributed by atoms with Crippen LogP contribution in [0.3, 0.4) is 0 Å². The molecule has 26 heavy (non-hydrogen) atoms. The van der Waals surface area contributed by atoms with Crippen LogP contribution in [0, 0.1) is 6.92 Å². The molecule has 136 valence electrons. The Bertz CT molecular complexity index is 799. The third-order valence-electron chi connectivity index (χ3n) is 3.13. The smallest absolute Gasteiger partial charge is 0.288 e. The van der Waals surface area contributed by atoms with Gasteiger partial charge in [-0.2, -0.15) is 0 Å². The molecule has 0 aliphatic rings. The van der Waals surface area contributed by atoms with Gasteiger partial charge in [-0.05, 0) is 36.8 Å². The zero-order valence-corrected chi connectivity index (χ0v) is 14.7. The number of carbonyl (C=O) groups excluding carboxylic acids is 3. The quantitative estimate of drug-likeness (QED) is 0.661. The van der Waals surface area contributed by atoms with Gasteiger partial charge in [-0.3, -0.25) is 30.2 Å². The number of aryl methyl sites for hydroxylation is 1. The lowest BCUT2D eigenvalue weighted by Crippen LogP contribution is -2.43. The Morgan fingerprint density at radius 1 is 1.08 bits per heavy atom. The number of benzene rings is 1. The summed E-state index contributed by atoms with van der Waals surface area (Å²) in [6.45, 7) is 1.12. The molecular weight excluding hydrogens is 360 g/mol. The number of nitrogens with zero attached hydrogens (tertiary/aromatic N) is 1. The number of amides is 3. The van der Waals surface area contributed by atoms with Gasteiger partial charge < -0.3 is 10.1 Å². The molecule has 0 saturated carbocycles. The molecule has 2 aromatic rings. The fraction of sp³-hybridized carbons (Fsp3) is 0.176. The molecule has 0 saturated heterocycles. The highest BCUT2D eigenvalue weighted by Gasteiger charge is 2.09. The Balaban J connectivity index is 1.66. The third-order valence-corrected chi connectivity index (χ3v) is 3.54. The zero-order valence-electron chi connectivity index (χ0n) is 13.9. The van der Waals surface area contributed by atoms with E-state index in [1.807, 2.05) is 6.92 Å². The number of halogens is 1. The normalized spacial score (nSPS) is 10.1. The number of hydrazine groups is 1. The fourth-order valence-corrected chi connectivity index (χ4v) is 2.01. The SMILES string of the molecule is Cc1ccc(NC(=O)COCC(=O)NNC(=O)c2ccccn2)cc1Cl. The van der Waals surface area contributed by atoms with Crippen LogP contribution >= 0.6 is 11.6 Å². The summed E-state index contributed by atoms with van der Waals surface area (Å²) in [5.41, 5.74) is 5.94. The predicted molar refractivity (Wildman–Crippen MR) is 95.5 cm³/mol. The van der Waals surface area contributed by atoms with Crippen LogP contribution in [0.4, 0.5) is 5.69 Å². The van der Waals surface area contributed by atoms with Crippen molar-refractivity contribution in [3.8, 4) is 0 Å². The first-order valence-corrected chi connectivity index (χ1v) is 7.97. The first kappa shape index (κ1) is 19.4. The van der Waals surface area contributed by atoms with Crippen molar-refractivity contribution in [1.82, 2.24) is 15.8 Å². The second-order valence-electron chi connectivity index (χ2n) is 5.22. The van der Waals surface area contributed by atoms with Crippen molar-refractivity contribution < 1.29 is 19.1 Å². The highest BCUT2D eigenvalue weighted by molar-refractivity contribution is 6.31. The maximum atomic E-state index is 11.8. The van der Waals surface area contributed by atoms with Gasteiger partial charge >= 0.3 is 0 Å². The average molecular weight is 377 g/mol. The number of anilines is 1. The molecule has 8 nitrogen and oxygen atoms in total. The van der Waals surface area contributed by atoms with E-state index in [-0.39, 0.29) is 12.3 Å². The minimum Gasteiger partial charge on any atom is -0.362 e. The standard InChI is InChI=1S/C17H17ClN4O4/c1-11-5-6-12(8-13(11)18)20-15(23)9-26-10-16(24)21-22-17(25)14-4-2-3-7-19-14/h2-8H,9-10H2,1H3,(H,20,23)(H,21,24)(H,22,25). The number of hydrogen-bond acceptors (Lipinski definition) is 5. The number of hydrogen-bond donors (Lipinski definition) is 3. The van der Waals surface area contributed by atoms with Gasteiger partial charge in [0.05, 0.1) is 0 Å². The number of pyridine rings is 1. The molecule has 1 heterocycles. The minimum atomic E-state index is -0.611. The van der Waals surface area contributed by atoms with E-state index in [0.29, 0.717) is 10.7 Å². The molecule has 9 heteroatoms. The molecule has 0 radical (unpaired) electrons. The molecule has 2 rings (SSSR count). The molecule has 0 spiro atoms. The fourth-order valence-electron chi connectivity index (χ4n) is 1.83. The van der Waals surface area contributed by atoms with Crippen molar-refractivity contribution in [2.45, 2.75) is 6.92 Å². The second kappa shape index (κ2) is 9.50. The minimum absolute atomic E-state index is 0.157. The molecule has 3 N–H and O–H groups in total. The molecule has 1 aromatic heterocycles. The lowest BCUT2D eigenvalue weighted by atomic mass is 10.2. The highest BCUT2D eigenvalue weighted by Crippen LogP contribution is 2.19. The van der Waals surface area contributed by atoms with E-state index in [4.69, 9.17) is 16.3 Å². The highest BCUT2D eigenvalue weighted by atomic mass is 35.5. The summed E-state index contributed by atoms with van der Waals surface area (Å²) in [7, 11) is 0. The van der Waals surface area contributed by atoms with Crippen molar-refractivity contribution >= 4 is 35.0 Å². The summed E-state index contributed by atoms with van der Waals surface area (Å²) in [6.07, 6.45) is 1.46. The molecule has 0 unspecified atom stereocenters. The van der Waals surface area contributed by atoms with Gasteiger partial charge in [-0.1, -0.05) is 23.7 Å². The number of ether oxygens (including phenoxy) is 1. The molecule has 3 amide bonds. The van der Waals surface area contributed by atoms with Crippen LogP contribution in [0.5, 0.6) is 0 Å². The Kier molecular flexibility index (Phi) is 7.07. The Hall–Kier alpha value is -2.97. The van der Waals surface area contributed by atoms with Gasteiger partial charge in [0, 0.05) is 16.9 Å². The number of nitrogens with one attached hydrogen (secondary N) is 3. The number of aromatic nitrogens is 1. The maximum absolute atomic E-state index is 11.8. The molecule has 0 aliphatic heterocycles. The van der Waals surface area contributed by atoms with Gasteiger partial charge in [-0.15, -0.1) is 0 Å². The molecule has 0 atom stereocenters. The molecule has 0 bridgehead atoms. The van der Waals surface area contributed by atoms with Crippen LogP contribution in [-0.4, -0.2) is 35.9 Å². The summed E-state index contributed by atoms with van der Waals surface area (Å²) < 4.78 is 5.00. The molecule has 0 fully saturated rings. The summed E-state index contributed by atoms with van der Waals surface area (Å²) in [5, 5.41) is 3.13. The van der Waals surface area contributed by atoms with E-state index in [9.17, 15) is 14.4 Å². The third kappa shape index (κ3) is 6.15. The molecule has 1 aromatic carbocycles. The van der Waals surface area contributed by atoms with Crippen molar-refractivity contribution in [2.24, 2.45) is 0 Å². The van der Waals surface area contributed by atoms with Crippen molar-refractivity contribution in [1.29, 1.82) is 0 Å². The average Bonchev–Trinajstić information content (AvgIpc) is 2.63. The van der Waals surface area contributed by atoms with Crippen LogP contribution in [-0.2, 0) is 14.3 Å². The van der Waals surface area contributed by atoms with Crippen molar-refractivity contribution in [2.75, 3.05) is 18.5 Å². The number of rotatable bonds is 6. The van der Waals surface area contributed by atoms with Gasteiger partial charge in [0.2, 0.25) is 5.91 Å². The van der Waals surface area contributed by atoms with Gasteiger partial charge in [0.15, 0.2) is 0 Å². The first-order valence-electron chi connectivity index (χ1n) is 7.59. The lowest BCUT2D eigenvalue weighted by Gasteiger charge is -2.09. The Morgan fingerprint density at radius 2 is 1.85 bits per heavy atom. The topological polar surface area (TPSA) is 109 Å². The van der Waals surface area contributed by atoms with Crippen LogP contribution in [0.15, 0.2) is 42.6 Å². The first-order chi connectivity index (χ1) is 12.5. The maximum Gasteiger partial charge on any atom is 0.288 e. The molecular formula is C17H17ClN4O4. The zero-order chi connectivity index (χ0) is 18.9. The van der Waals surface area contributed by atoms with E-state index in [1.165, 1.54) is 12.3 Å². The Labute approximate surface area is 154 Å². The largest absolute Gasteiger partial charge is 0.362 e. The monoisotopic (exact) mass is 376 g/mol. The van der Waals surface area contributed by atoms with Crippen molar-refractivity contribution in [3.63, 3.8) is 0 Å². The second-order valence-corrected chi connectivity index (χ2v) is 5.63. The van der Waals surface area contributed by atoms with E-state index in [1.54, 1.807) is 30.3 Å². The predicted octanol–water partition coefficient (Wildman–Crippen LogP) is 1.46. The number of carbonyl (C=O) groups is 3. The van der Waals surface area contributed by atoms with E-state index >= 15 is 0 Å². The van der Waals surface area contributed by atoms with E-state index in [0.717, 1.165) is 5.56 Å². The van der Waals surface area contributed by atoms with Crippen LogP contribution in [0.1, 0.15) is 16.1 Å². The summed E-state index contributed by atoms with van der Waals surface area (Å²) in [5.74, 6) is -1.61. The van der Waals surface area contributed by atoms with Crippen molar-refractivity contribution in [3.05, 3.63) is 58.9 Å². The molecule has 0 aliphatic carbocycles. The van der Waals surface area contributed by atoms with E-state index in [2.05, 4.69) is 21.2 Å². The van der Waals surface area contributed by atoms with Crippen LogP contribution < -0.4 is 16.2 Å². The van der Waals surface area contributed by atoms with Gasteiger partial charge in [0.25, 0.3) is 11.8 Å². The van der Waals surface area contributed by atoms with Crippen LogP contribution in [0.2, 0.25) is 5.02 Å². The Morgan fingerprint density at radius 3 is 2.54 bits per heavy atom. The van der Waals surface area contributed by atoms with Gasteiger partial charge in [-0.25, -0.2) is 0 Å². The van der Waals surface area contributed by atoms with Crippen LogP contribution in [0.25, 0.3) is 0 Å². The lowest BCUT2D eigenvalue weighted by molar-refractivity contribution is -0.129. The van der Waals surface area contributed by atoms with Gasteiger partial charge in [0.1, 0.15) is 18.9 Å². The van der Waals surface area contributed by atoms with E-state index < -0.39 is 24.3 Å².